The predicted molar refractivity (Wildman–Crippen MR) is 79.4 cm³/mol. The van der Waals surface area contributed by atoms with Crippen molar-refractivity contribution in [1.82, 2.24) is 9.78 Å². The fourth-order valence-electron chi connectivity index (χ4n) is 2.13. The van der Waals surface area contributed by atoms with Crippen molar-refractivity contribution in [3.05, 3.63) is 40.7 Å². The number of amides is 1. The van der Waals surface area contributed by atoms with Crippen LogP contribution in [0.1, 0.15) is 27.3 Å². The van der Waals surface area contributed by atoms with Crippen LogP contribution in [0.5, 0.6) is 0 Å². The normalized spacial score (nSPS) is 10.6. The largest absolute Gasteiger partial charge is 0.397 e. The van der Waals surface area contributed by atoms with E-state index >= 15 is 0 Å². The maximum Gasteiger partial charge on any atom is 0.248 e. The second-order valence-corrected chi connectivity index (χ2v) is 4.79. The lowest BCUT2D eigenvalue weighted by Crippen LogP contribution is -2.12. The molecule has 0 unspecified atom stereocenters. The summed E-state index contributed by atoms with van der Waals surface area (Å²) in [6.45, 7) is 4.63. The number of hydrogen-bond acceptors (Lipinski definition) is 4. The second kappa shape index (κ2) is 5.24. The SMILES string of the molecule is Cc1nn(C)c(C)c1CNc1ccc(C(N)=O)cc1N. The molecule has 0 saturated carbocycles. The van der Waals surface area contributed by atoms with Crippen LogP contribution in [0.4, 0.5) is 11.4 Å². The van der Waals surface area contributed by atoms with Gasteiger partial charge in [0.25, 0.3) is 0 Å². The van der Waals surface area contributed by atoms with Gasteiger partial charge < -0.3 is 16.8 Å². The number of carbonyl (C=O) groups excluding carboxylic acids is 1. The number of aryl methyl sites for hydroxylation is 2. The molecule has 0 aliphatic rings. The molecule has 0 radical (unpaired) electrons. The Morgan fingerprint density at radius 3 is 2.60 bits per heavy atom. The first kappa shape index (κ1) is 13.9. The highest BCUT2D eigenvalue weighted by Gasteiger charge is 2.10. The Morgan fingerprint density at radius 1 is 1.40 bits per heavy atom. The minimum atomic E-state index is -0.484. The Labute approximate surface area is 117 Å². The van der Waals surface area contributed by atoms with Gasteiger partial charge in [0.15, 0.2) is 0 Å². The molecule has 0 bridgehead atoms. The lowest BCUT2D eigenvalue weighted by Gasteiger charge is -2.10. The topological polar surface area (TPSA) is 99.0 Å². The molecule has 0 aliphatic heterocycles. The molecule has 2 rings (SSSR count). The Bertz CT molecular complexity index is 660. The number of primary amides is 1. The number of nitrogens with zero attached hydrogens (tertiary/aromatic N) is 2. The van der Waals surface area contributed by atoms with Gasteiger partial charge in [-0.15, -0.1) is 0 Å². The van der Waals surface area contributed by atoms with Gasteiger partial charge in [-0.3, -0.25) is 9.48 Å². The van der Waals surface area contributed by atoms with Crippen molar-refractivity contribution < 1.29 is 4.79 Å². The van der Waals surface area contributed by atoms with Gasteiger partial charge in [-0.25, -0.2) is 0 Å². The highest BCUT2D eigenvalue weighted by Crippen LogP contribution is 2.21. The van der Waals surface area contributed by atoms with Crippen LogP contribution in [0.15, 0.2) is 18.2 Å². The maximum absolute atomic E-state index is 11.1. The number of carbonyl (C=O) groups is 1. The Kier molecular flexibility index (Phi) is 3.65. The van der Waals surface area contributed by atoms with Crippen molar-refractivity contribution in [1.29, 1.82) is 0 Å². The van der Waals surface area contributed by atoms with E-state index in [0.717, 1.165) is 22.6 Å². The van der Waals surface area contributed by atoms with Crippen LogP contribution < -0.4 is 16.8 Å². The Morgan fingerprint density at radius 2 is 2.10 bits per heavy atom. The molecule has 0 fully saturated rings. The molecule has 106 valence electrons. The quantitative estimate of drug-likeness (QED) is 0.732. The smallest absolute Gasteiger partial charge is 0.248 e. The number of aromatic nitrogens is 2. The second-order valence-electron chi connectivity index (χ2n) is 4.79. The van der Waals surface area contributed by atoms with Crippen LogP contribution in [0.25, 0.3) is 0 Å². The molecule has 1 aromatic heterocycles. The summed E-state index contributed by atoms with van der Waals surface area (Å²) < 4.78 is 1.85. The fraction of sp³-hybridized carbons (Fsp3) is 0.286. The molecule has 0 spiro atoms. The molecule has 0 aliphatic carbocycles. The molecule has 0 saturated heterocycles. The van der Waals surface area contributed by atoms with Gasteiger partial charge in [-0.2, -0.15) is 5.10 Å². The molecule has 5 N–H and O–H groups in total. The third-order valence-corrected chi connectivity index (χ3v) is 3.45. The zero-order valence-corrected chi connectivity index (χ0v) is 11.9. The molecule has 1 aromatic carbocycles. The lowest BCUT2D eigenvalue weighted by molar-refractivity contribution is 0.100. The Hall–Kier alpha value is -2.50. The standard InChI is InChI=1S/C14H19N5O/c1-8-11(9(2)19(3)18-8)7-17-13-5-4-10(14(16)20)6-12(13)15/h4-6,17H,7,15H2,1-3H3,(H2,16,20). The first-order chi connectivity index (χ1) is 9.40. The zero-order chi connectivity index (χ0) is 14.9. The van der Waals surface area contributed by atoms with Gasteiger partial charge >= 0.3 is 0 Å². The summed E-state index contributed by atoms with van der Waals surface area (Å²) in [7, 11) is 1.92. The predicted octanol–water partition coefficient (Wildman–Crippen LogP) is 1.33. The van der Waals surface area contributed by atoms with Crippen LogP contribution in [0.2, 0.25) is 0 Å². The zero-order valence-electron chi connectivity index (χ0n) is 11.9. The number of hydrogen-bond donors (Lipinski definition) is 3. The van der Waals surface area contributed by atoms with Crippen molar-refractivity contribution in [2.75, 3.05) is 11.1 Å². The van der Waals surface area contributed by atoms with Crippen molar-refractivity contribution in [3.8, 4) is 0 Å². The van der Waals surface area contributed by atoms with E-state index in [0.29, 0.717) is 17.8 Å². The van der Waals surface area contributed by atoms with Crippen molar-refractivity contribution in [3.63, 3.8) is 0 Å². The molecule has 1 heterocycles. The fourth-order valence-corrected chi connectivity index (χ4v) is 2.13. The van der Waals surface area contributed by atoms with Gasteiger partial charge in [-0.1, -0.05) is 0 Å². The van der Waals surface area contributed by atoms with Crippen LogP contribution in [0.3, 0.4) is 0 Å². The van der Waals surface area contributed by atoms with Crippen molar-refractivity contribution >= 4 is 17.3 Å². The molecule has 2 aromatic rings. The average molecular weight is 273 g/mol. The summed E-state index contributed by atoms with van der Waals surface area (Å²) in [5.74, 6) is -0.484. The maximum atomic E-state index is 11.1. The number of anilines is 2. The van der Waals surface area contributed by atoms with Crippen LogP contribution >= 0.6 is 0 Å². The number of nitrogens with one attached hydrogen (secondary N) is 1. The van der Waals surface area contributed by atoms with Gasteiger partial charge in [0, 0.05) is 30.4 Å². The van der Waals surface area contributed by atoms with E-state index in [1.54, 1.807) is 18.2 Å². The van der Waals surface area contributed by atoms with E-state index in [1.165, 1.54) is 0 Å². The van der Waals surface area contributed by atoms with E-state index in [-0.39, 0.29) is 0 Å². The highest BCUT2D eigenvalue weighted by atomic mass is 16.1. The highest BCUT2D eigenvalue weighted by molar-refractivity contribution is 5.94. The summed E-state index contributed by atoms with van der Waals surface area (Å²) >= 11 is 0. The lowest BCUT2D eigenvalue weighted by atomic mass is 10.1. The van der Waals surface area contributed by atoms with E-state index in [4.69, 9.17) is 11.5 Å². The summed E-state index contributed by atoms with van der Waals surface area (Å²) in [6, 6.07) is 4.99. The first-order valence-electron chi connectivity index (χ1n) is 6.32. The Balaban J connectivity index is 2.17. The summed E-state index contributed by atoms with van der Waals surface area (Å²) in [4.78, 5) is 11.1. The first-order valence-corrected chi connectivity index (χ1v) is 6.32. The van der Waals surface area contributed by atoms with Crippen molar-refractivity contribution in [2.45, 2.75) is 20.4 Å². The van der Waals surface area contributed by atoms with E-state index < -0.39 is 5.91 Å². The average Bonchev–Trinajstić information content (AvgIpc) is 2.62. The summed E-state index contributed by atoms with van der Waals surface area (Å²) in [6.07, 6.45) is 0. The number of nitrogen functional groups attached to an aromatic ring is 1. The molecular formula is C14H19N5O. The van der Waals surface area contributed by atoms with E-state index in [1.807, 2.05) is 25.6 Å². The van der Waals surface area contributed by atoms with Gasteiger partial charge in [0.1, 0.15) is 0 Å². The van der Waals surface area contributed by atoms with Gasteiger partial charge in [-0.05, 0) is 32.0 Å². The van der Waals surface area contributed by atoms with E-state index in [9.17, 15) is 4.79 Å². The third kappa shape index (κ3) is 2.59. The van der Waals surface area contributed by atoms with Crippen molar-refractivity contribution in [2.24, 2.45) is 12.8 Å². The minimum Gasteiger partial charge on any atom is -0.397 e. The van der Waals surface area contributed by atoms with Gasteiger partial charge in [0.05, 0.1) is 17.1 Å². The van der Waals surface area contributed by atoms with Crippen LogP contribution in [-0.4, -0.2) is 15.7 Å². The summed E-state index contributed by atoms with van der Waals surface area (Å²) in [5.41, 5.74) is 16.1. The van der Waals surface area contributed by atoms with Gasteiger partial charge in [0.2, 0.25) is 5.91 Å². The molecule has 20 heavy (non-hydrogen) atoms. The van der Waals surface area contributed by atoms with Crippen LogP contribution in [-0.2, 0) is 13.6 Å². The minimum absolute atomic E-state index is 0.404. The van der Waals surface area contributed by atoms with E-state index in [2.05, 4.69) is 10.4 Å². The number of nitrogens with two attached hydrogens (primary N) is 2. The molecule has 1 amide bonds. The monoisotopic (exact) mass is 273 g/mol. The molecule has 6 nitrogen and oxygen atoms in total. The third-order valence-electron chi connectivity index (χ3n) is 3.45. The molecule has 6 heteroatoms. The number of benzene rings is 1. The molecule has 0 atom stereocenters. The molecular weight excluding hydrogens is 254 g/mol. The van der Waals surface area contributed by atoms with Crippen LogP contribution in [0, 0.1) is 13.8 Å². The number of rotatable bonds is 4. The summed E-state index contributed by atoms with van der Waals surface area (Å²) in [5, 5.41) is 7.63.